The Morgan fingerprint density at radius 2 is 2.27 bits per heavy atom. The fraction of sp³-hybridized carbons (Fsp3) is 1.00. The van der Waals surface area contributed by atoms with Crippen molar-refractivity contribution in [2.45, 2.75) is 50.9 Å². The number of hydrogen-bond acceptors (Lipinski definition) is 2. The van der Waals surface area contributed by atoms with Gasteiger partial charge in [-0.2, -0.15) is 0 Å². The Bertz CT molecular complexity index is 136. The van der Waals surface area contributed by atoms with Crippen LogP contribution in [0.4, 0.5) is 0 Å². The van der Waals surface area contributed by atoms with Crippen LogP contribution in [0.1, 0.15) is 32.6 Å². The van der Waals surface area contributed by atoms with Crippen LogP contribution in [0.5, 0.6) is 0 Å². The molecule has 0 aromatic rings. The lowest BCUT2D eigenvalue weighted by atomic mass is 10.1. The first kappa shape index (κ1) is 7.56. The van der Waals surface area contributed by atoms with Gasteiger partial charge in [-0.3, -0.25) is 0 Å². The Hall–Kier alpha value is -0.0800. The normalized spacial score (nSPS) is 40.6. The van der Waals surface area contributed by atoms with Crippen LogP contribution in [0.3, 0.4) is 0 Å². The Morgan fingerprint density at radius 3 is 2.82 bits per heavy atom. The van der Waals surface area contributed by atoms with Gasteiger partial charge in [0, 0.05) is 0 Å². The molecule has 0 bridgehead atoms. The highest BCUT2D eigenvalue weighted by molar-refractivity contribution is 4.96. The van der Waals surface area contributed by atoms with Crippen LogP contribution in [0.2, 0.25) is 0 Å². The molecule has 2 heterocycles. The molecular formula is C9H16O2. The van der Waals surface area contributed by atoms with Crippen LogP contribution >= 0.6 is 0 Å². The molecule has 0 saturated carbocycles. The van der Waals surface area contributed by atoms with Crippen molar-refractivity contribution in [2.75, 3.05) is 6.61 Å². The van der Waals surface area contributed by atoms with Gasteiger partial charge < -0.3 is 9.47 Å². The second kappa shape index (κ2) is 3.11. The Kier molecular flexibility index (Phi) is 2.14. The highest BCUT2D eigenvalue weighted by atomic mass is 16.7. The van der Waals surface area contributed by atoms with Crippen molar-refractivity contribution in [1.29, 1.82) is 0 Å². The monoisotopic (exact) mass is 156 g/mol. The Labute approximate surface area is 67.9 Å². The summed E-state index contributed by atoms with van der Waals surface area (Å²) in [5.74, 6) is 0. The summed E-state index contributed by atoms with van der Waals surface area (Å²) in [5, 5.41) is 0. The molecule has 2 nitrogen and oxygen atoms in total. The average Bonchev–Trinajstić information content (AvgIpc) is 2.70. The fourth-order valence-corrected chi connectivity index (χ4v) is 1.77. The van der Waals surface area contributed by atoms with E-state index in [1.54, 1.807) is 0 Å². The topological polar surface area (TPSA) is 21.8 Å². The highest BCUT2D eigenvalue weighted by Gasteiger charge is 2.50. The third kappa shape index (κ3) is 1.57. The van der Waals surface area contributed by atoms with E-state index in [4.69, 9.17) is 9.47 Å². The highest BCUT2D eigenvalue weighted by Crippen LogP contribution is 2.36. The zero-order valence-corrected chi connectivity index (χ0v) is 7.08. The molecule has 0 spiro atoms. The summed E-state index contributed by atoms with van der Waals surface area (Å²) >= 11 is 0. The number of fused-ring (bicyclic) bond motifs is 1. The first-order chi connectivity index (χ1) is 5.42. The van der Waals surface area contributed by atoms with Crippen LogP contribution in [-0.4, -0.2) is 24.9 Å². The van der Waals surface area contributed by atoms with E-state index < -0.39 is 0 Å². The number of epoxide rings is 1. The molecule has 0 N–H and O–H groups in total. The number of unbranched alkanes of at least 4 members (excludes halogenated alkanes) is 2. The van der Waals surface area contributed by atoms with E-state index in [0.29, 0.717) is 18.3 Å². The Morgan fingerprint density at radius 1 is 1.36 bits per heavy atom. The molecule has 0 unspecified atom stereocenters. The second-order valence-electron chi connectivity index (χ2n) is 3.51. The maximum Gasteiger partial charge on any atom is 0.113 e. The predicted molar refractivity (Wildman–Crippen MR) is 42.5 cm³/mol. The van der Waals surface area contributed by atoms with Crippen LogP contribution in [0.15, 0.2) is 0 Å². The molecule has 11 heavy (non-hydrogen) atoms. The number of rotatable bonds is 4. The van der Waals surface area contributed by atoms with Gasteiger partial charge in [-0.15, -0.1) is 0 Å². The van der Waals surface area contributed by atoms with Crippen molar-refractivity contribution in [3.63, 3.8) is 0 Å². The summed E-state index contributed by atoms with van der Waals surface area (Å²) in [7, 11) is 0. The van der Waals surface area contributed by atoms with E-state index >= 15 is 0 Å². The van der Waals surface area contributed by atoms with Crippen LogP contribution in [-0.2, 0) is 9.47 Å². The van der Waals surface area contributed by atoms with E-state index in [0.717, 1.165) is 6.61 Å². The molecule has 2 saturated heterocycles. The first-order valence-corrected chi connectivity index (χ1v) is 4.69. The molecular weight excluding hydrogens is 140 g/mol. The van der Waals surface area contributed by atoms with Crippen molar-refractivity contribution < 1.29 is 9.47 Å². The van der Waals surface area contributed by atoms with E-state index in [2.05, 4.69) is 6.92 Å². The summed E-state index contributed by atoms with van der Waals surface area (Å²) in [4.78, 5) is 0. The maximum atomic E-state index is 5.54. The lowest BCUT2D eigenvalue weighted by Crippen LogP contribution is -2.13. The van der Waals surface area contributed by atoms with E-state index in [1.165, 1.54) is 25.7 Å². The van der Waals surface area contributed by atoms with Gasteiger partial charge in [0.2, 0.25) is 0 Å². The van der Waals surface area contributed by atoms with Crippen molar-refractivity contribution in [1.82, 2.24) is 0 Å². The number of hydrogen-bond donors (Lipinski definition) is 0. The third-order valence-electron chi connectivity index (χ3n) is 2.55. The predicted octanol–water partition coefficient (Wildman–Crippen LogP) is 1.73. The van der Waals surface area contributed by atoms with Crippen molar-refractivity contribution in [3.05, 3.63) is 0 Å². The van der Waals surface area contributed by atoms with Gasteiger partial charge in [-0.1, -0.05) is 26.2 Å². The zero-order chi connectivity index (χ0) is 7.68. The summed E-state index contributed by atoms with van der Waals surface area (Å²) < 4.78 is 10.9. The third-order valence-corrected chi connectivity index (χ3v) is 2.55. The molecule has 0 amide bonds. The molecule has 0 aromatic heterocycles. The van der Waals surface area contributed by atoms with Crippen molar-refractivity contribution >= 4 is 0 Å². The van der Waals surface area contributed by atoms with Gasteiger partial charge in [0.05, 0.1) is 12.7 Å². The van der Waals surface area contributed by atoms with E-state index in [-0.39, 0.29) is 0 Å². The minimum absolute atomic E-state index is 0.437. The van der Waals surface area contributed by atoms with E-state index in [9.17, 15) is 0 Å². The largest absolute Gasteiger partial charge is 0.373 e. The van der Waals surface area contributed by atoms with Crippen LogP contribution < -0.4 is 0 Å². The molecule has 2 rings (SSSR count). The van der Waals surface area contributed by atoms with Gasteiger partial charge >= 0.3 is 0 Å². The van der Waals surface area contributed by atoms with Crippen LogP contribution in [0.25, 0.3) is 0 Å². The van der Waals surface area contributed by atoms with Gasteiger partial charge in [0.15, 0.2) is 0 Å². The molecule has 0 aromatic carbocycles. The first-order valence-electron chi connectivity index (χ1n) is 4.69. The van der Waals surface area contributed by atoms with Crippen LogP contribution in [0, 0.1) is 0 Å². The molecule has 2 aliphatic rings. The quantitative estimate of drug-likeness (QED) is 0.456. The smallest absolute Gasteiger partial charge is 0.113 e. The zero-order valence-electron chi connectivity index (χ0n) is 7.08. The fourth-order valence-electron chi connectivity index (χ4n) is 1.77. The molecule has 64 valence electrons. The molecule has 0 aliphatic carbocycles. The summed E-state index contributed by atoms with van der Waals surface area (Å²) in [6.45, 7) is 3.08. The number of ether oxygens (including phenoxy) is 2. The van der Waals surface area contributed by atoms with Crippen molar-refractivity contribution in [3.8, 4) is 0 Å². The van der Waals surface area contributed by atoms with Gasteiger partial charge in [0.1, 0.15) is 12.2 Å². The lowest BCUT2D eigenvalue weighted by molar-refractivity contribution is 0.0231. The minimum atomic E-state index is 0.437. The summed E-state index contributed by atoms with van der Waals surface area (Å²) in [6.07, 6.45) is 6.52. The molecule has 2 heteroatoms. The van der Waals surface area contributed by atoms with Gasteiger partial charge in [-0.05, 0) is 6.42 Å². The lowest BCUT2D eigenvalue weighted by Gasteiger charge is -2.09. The van der Waals surface area contributed by atoms with E-state index in [1.807, 2.05) is 0 Å². The maximum absolute atomic E-state index is 5.54. The standard InChI is InChI=1S/C9H16O2/c1-2-3-4-5-7-9-8(11-9)6-10-7/h7-9H,2-6H2,1H3/t7-,8+,9-/m1/s1. The summed E-state index contributed by atoms with van der Waals surface area (Å²) in [5.41, 5.74) is 0. The average molecular weight is 156 g/mol. The SMILES string of the molecule is CCCCC[C@H]1OC[C@@H]2O[C@@H]21. The van der Waals surface area contributed by atoms with Gasteiger partial charge in [0.25, 0.3) is 0 Å². The van der Waals surface area contributed by atoms with Crippen molar-refractivity contribution in [2.24, 2.45) is 0 Å². The summed E-state index contributed by atoms with van der Waals surface area (Å²) in [6, 6.07) is 0. The molecule has 2 fully saturated rings. The molecule has 3 atom stereocenters. The van der Waals surface area contributed by atoms with Gasteiger partial charge in [-0.25, -0.2) is 0 Å². The second-order valence-corrected chi connectivity index (χ2v) is 3.51. The molecule has 0 radical (unpaired) electrons. The minimum Gasteiger partial charge on any atom is -0.373 e. The molecule has 2 aliphatic heterocycles. The Balaban J connectivity index is 1.63.